The molecule has 4 rings (SSSR count). The van der Waals surface area contributed by atoms with Gasteiger partial charge >= 0.3 is 12.1 Å². The van der Waals surface area contributed by atoms with E-state index in [2.05, 4.69) is 28.1 Å². The van der Waals surface area contributed by atoms with E-state index >= 15 is 0 Å². The van der Waals surface area contributed by atoms with Gasteiger partial charge in [-0.15, -0.1) is 0 Å². The van der Waals surface area contributed by atoms with Crippen molar-refractivity contribution < 1.29 is 38.1 Å². The molecule has 0 spiro atoms. The summed E-state index contributed by atoms with van der Waals surface area (Å²) in [5.74, 6) is 0.107. The van der Waals surface area contributed by atoms with Crippen LogP contribution in [0.2, 0.25) is 0 Å². The highest BCUT2D eigenvalue weighted by molar-refractivity contribution is 6.04. The van der Waals surface area contributed by atoms with Crippen LogP contribution in [-0.4, -0.2) is 88.3 Å². The lowest BCUT2D eigenvalue weighted by Gasteiger charge is -2.24. The van der Waals surface area contributed by atoms with Gasteiger partial charge in [0.1, 0.15) is 29.7 Å². The fourth-order valence-electron chi connectivity index (χ4n) is 6.06. The molecule has 13 heteroatoms. The Morgan fingerprint density at radius 3 is 2.21 bits per heavy atom. The first kappa shape index (κ1) is 40.7. The number of hydrogen-bond donors (Lipinski definition) is 3. The number of carbonyl (C=O) groups excluding carboxylic acids is 4. The molecule has 3 N–H and O–H groups in total. The van der Waals surface area contributed by atoms with Gasteiger partial charge in [0.2, 0.25) is 11.8 Å². The molecular formula is C40H51BN4O8. The van der Waals surface area contributed by atoms with Gasteiger partial charge in [0, 0.05) is 56.6 Å². The predicted molar refractivity (Wildman–Crippen MR) is 203 cm³/mol. The van der Waals surface area contributed by atoms with E-state index < -0.39 is 23.7 Å². The maximum atomic E-state index is 13.1. The number of ether oxygens (including phenoxy) is 4. The highest BCUT2D eigenvalue weighted by Crippen LogP contribution is 2.44. The van der Waals surface area contributed by atoms with E-state index in [1.165, 1.54) is 0 Å². The van der Waals surface area contributed by atoms with E-state index in [4.69, 9.17) is 26.9 Å². The van der Waals surface area contributed by atoms with Gasteiger partial charge in [-0.25, -0.2) is 9.59 Å². The Hall–Kier alpha value is -5.04. The second kappa shape index (κ2) is 19.7. The van der Waals surface area contributed by atoms with Gasteiger partial charge in [0.15, 0.2) is 7.98 Å². The van der Waals surface area contributed by atoms with Crippen molar-refractivity contribution in [2.75, 3.05) is 40.0 Å². The van der Waals surface area contributed by atoms with Gasteiger partial charge in [-0.1, -0.05) is 54.6 Å². The van der Waals surface area contributed by atoms with Gasteiger partial charge in [-0.05, 0) is 68.9 Å². The topological polar surface area (TPSA) is 145 Å². The summed E-state index contributed by atoms with van der Waals surface area (Å²) in [4.78, 5) is 52.1. The largest absolute Gasteiger partial charge is 0.496 e. The SMILES string of the molecule is [B]N(CCNC(=O)CC[C@H](NC(=O)OCC1c2ccccc2-c2ccccc21)C(=O)OC(C)(C)C)Cc1ccc(OCCCC(=O)NCC)cc1OC. The number of alkyl carbamates (subject to hydrolysis) is 1. The first-order chi connectivity index (χ1) is 25.4. The average molecular weight is 727 g/mol. The number of nitrogens with zero attached hydrogens (tertiary/aromatic N) is 1. The molecule has 0 saturated carbocycles. The third-order valence-corrected chi connectivity index (χ3v) is 8.53. The minimum absolute atomic E-state index is 0.00338. The summed E-state index contributed by atoms with van der Waals surface area (Å²) in [6.07, 6.45) is 0.179. The standard InChI is InChI=1S/C40H51BN4O8/c1-6-42-36(46)16-11-23-51-28-18-17-27(35(24-28)50-5)25-45(41)22-21-43-37(47)20-19-34(38(48)53-40(2,3)4)44-39(49)52-26-33-31-14-9-7-12-29(31)30-13-8-10-15-32(30)33/h7-10,12-15,17-18,24,33-34H,6,11,16,19-23,25-26H2,1-5H3,(H,42,46)(H,43,47)(H,44,49)/t34-/m0/s1. The Labute approximate surface area is 313 Å². The molecule has 0 heterocycles. The quantitative estimate of drug-likeness (QED) is 0.0882. The molecule has 282 valence electrons. The molecule has 53 heavy (non-hydrogen) atoms. The van der Waals surface area contributed by atoms with Crippen LogP contribution in [0.25, 0.3) is 11.1 Å². The Morgan fingerprint density at radius 1 is 0.906 bits per heavy atom. The summed E-state index contributed by atoms with van der Waals surface area (Å²) < 4.78 is 22.5. The predicted octanol–water partition coefficient (Wildman–Crippen LogP) is 5.02. The molecule has 0 bridgehead atoms. The molecule has 0 aliphatic heterocycles. The molecule has 3 aromatic rings. The fraction of sp³-hybridized carbons (Fsp3) is 0.450. The molecule has 1 aliphatic rings. The van der Waals surface area contributed by atoms with E-state index in [0.29, 0.717) is 50.6 Å². The summed E-state index contributed by atoms with van der Waals surface area (Å²) in [5.41, 5.74) is 4.39. The average Bonchev–Trinajstić information content (AvgIpc) is 3.44. The van der Waals surface area contributed by atoms with E-state index in [0.717, 1.165) is 27.8 Å². The molecule has 1 atom stereocenters. The second-order valence-corrected chi connectivity index (χ2v) is 13.8. The zero-order chi connectivity index (χ0) is 38.4. The fourth-order valence-corrected chi connectivity index (χ4v) is 6.06. The lowest BCUT2D eigenvalue weighted by molar-refractivity contribution is -0.157. The van der Waals surface area contributed by atoms with Crippen LogP contribution >= 0.6 is 0 Å². The highest BCUT2D eigenvalue weighted by Gasteiger charge is 2.31. The van der Waals surface area contributed by atoms with Crippen molar-refractivity contribution in [3.63, 3.8) is 0 Å². The first-order valence-electron chi connectivity index (χ1n) is 18.1. The van der Waals surface area contributed by atoms with Crippen molar-refractivity contribution in [3.05, 3.63) is 83.4 Å². The smallest absolute Gasteiger partial charge is 0.407 e. The van der Waals surface area contributed by atoms with Gasteiger partial charge in [-0.2, -0.15) is 0 Å². The third-order valence-electron chi connectivity index (χ3n) is 8.53. The van der Waals surface area contributed by atoms with E-state index in [1.807, 2.05) is 55.5 Å². The molecule has 2 radical (unpaired) electrons. The van der Waals surface area contributed by atoms with Crippen LogP contribution in [0.4, 0.5) is 4.79 Å². The number of rotatable bonds is 19. The maximum Gasteiger partial charge on any atom is 0.407 e. The Kier molecular flexibility index (Phi) is 15.1. The van der Waals surface area contributed by atoms with Crippen molar-refractivity contribution in [2.24, 2.45) is 0 Å². The van der Waals surface area contributed by atoms with E-state index in [9.17, 15) is 19.2 Å². The molecule has 3 amide bonds. The van der Waals surface area contributed by atoms with Crippen molar-refractivity contribution >= 4 is 31.9 Å². The molecule has 1 aliphatic carbocycles. The normalized spacial score (nSPS) is 12.6. The number of amides is 3. The second-order valence-electron chi connectivity index (χ2n) is 13.8. The third kappa shape index (κ3) is 12.6. The maximum absolute atomic E-state index is 13.1. The van der Waals surface area contributed by atoms with Gasteiger partial charge in [-0.3, -0.25) is 9.59 Å². The van der Waals surface area contributed by atoms with E-state index in [1.54, 1.807) is 38.8 Å². The summed E-state index contributed by atoms with van der Waals surface area (Å²) >= 11 is 0. The Bertz CT molecular complexity index is 1670. The van der Waals surface area contributed by atoms with Crippen LogP contribution in [0.1, 0.15) is 76.0 Å². The molecule has 0 aromatic heterocycles. The lowest BCUT2D eigenvalue weighted by Crippen LogP contribution is -2.45. The van der Waals surface area contributed by atoms with Crippen LogP contribution in [0, 0.1) is 0 Å². The van der Waals surface area contributed by atoms with Crippen molar-refractivity contribution in [1.29, 1.82) is 0 Å². The van der Waals surface area contributed by atoms with E-state index in [-0.39, 0.29) is 43.7 Å². The monoisotopic (exact) mass is 726 g/mol. The summed E-state index contributed by atoms with van der Waals surface area (Å²) in [5, 5.41) is 8.21. The number of methoxy groups -OCH3 is 1. The molecular weight excluding hydrogens is 675 g/mol. The van der Waals surface area contributed by atoms with Gasteiger partial charge < -0.3 is 39.7 Å². The number of benzene rings is 3. The summed E-state index contributed by atoms with van der Waals surface area (Å²) in [6, 6.07) is 20.4. The zero-order valence-corrected chi connectivity index (χ0v) is 31.4. The minimum atomic E-state index is -1.10. The van der Waals surface area contributed by atoms with Crippen LogP contribution in [0.15, 0.2) is 66.7 Å². The zero-order valence-electron chi connectivity index (χ0n) is 31.4. The molecule has 0 unspecified atom stereocenters. The van der Waals surface area contributed by atoms with Crippen molar-refractivity contribution in [2.45, 2.75) is 77.5 Å². The number of fused-ring (bicyclic) bond motifs is 3. The lowest BCUT2D eigenvalue weighted by atomic mass is 9.98. The Morgan fingerprint density at radius 2 is 1.57 bits per heavy atom. The van der Waals surface area contributed by atoms with Gasteiger partial charge in [0.05, 0.1) is 13.7 Å². The number of nitrogens with one attached hydrogen (secondary N) is 3. The van der Waals surface area contributed by atoms with Crippen LogP contribution in [0.3, 0.4) is 0 Å². The van der Waals surface area contributed by atoms with Crippen LogP contribution < -0.4 is 25.4 Å². The number of carbonyl (C=O) groups is 4. The van der Waals surface area contributed by atoms with Gasteiger partial charge in [0.25, 0.3) is 0 Å². The van der Waals surface area contributed by atoms with Crippen molar-refractivity contribution in [1.82, 2.24) is 20.8 Å². The summed E-state index contributed by atoms with van der Waals surface area (Å²) in [6.45, 7) is 9.09. The Balaban J connectivity index is 1.23. The molecule has 0 fully saturated rings. The number of esters is 1. The summed E-state index contributed by atoms with van der Waals surface area (Å²) in [7, 11) is 7.80. The highest BCUT2D eigenvalue weighted by atomic mass is 16.6. The molecule has 3 aromatic carbocycles. The van der Waals surface area contributed by atoms with Crippen LogP contribution in [0.5, 0.6) is 11.5 Å². The van der Waals surface area contributed by atoms with Crippen LogP contribution in [-0.2, 0) is 30.4 Å². The number of hydrogen-bond acceptors (Lipinski definition) is 9. The first-order valence-corrected chi connectivity index (χ1v) is 18.1. The molecule has 12 nitrogen and oxygen atoms in total. The minimum Gasteiger partial charge on any atom is -0.496 e. The molecule has 0 saturated heterocycles. The van der Waals surface area contributed by atoms with Crippen molar-refractivity contribution in [3.8, 4) is 22.6 Å².